The number of rotatable bonds is 12. The maximum atomic E-state index is 11.0. The molecule has 1 aliphatic rings. The number of aryl methyl sites for hydroxylation is 1. The van der Waals surface area contributed by atoms with Crippen LogP contribution in [-0.4, -0.2) is 86.1 Å². The molecule has 1 N–H and O–H groups in total. The van der Waals surface area contributed by atoms with Gasteiger partial charge in [0.1, 0.15) is 5.82 Å². The molecule has 9 heteroatoms. The van der Waals surface area contributed by atoms with Gasteiger partial charge in [-0.3, -0.25) is 9.58 Å². The van der Waals surface area contributed by atoms with E-state index >= 15 is 0 Å². The quantitative estimate of drug-likeness (QED) is 0.409. The summed E-state index contributed by atoms with van der Waals surface area (Å²) in [5.41, 5.74) is 2.48. The van der Waals surface area contributed by atoms with Gasteiger partial charge in [-0.2, -0.15) is 5.10 Å². The molecule has 34 heavy (non-hydrogen) atoms. The number of carboxylic acids is 1. The highest BCUT2D eigenvalue weighted by Crippen LogP contribution is 2.18. The normalized spacial score (nSPS) is 15.7. The number of para-hydroxylation sites is 2. The molecule has 184 valence electrons. The molecule has 9 nitrogen and oxygen atoms in total. The van der Waals surface area contributed by atoms with Gasteiger partial charge in [0.15, 0.2) is 0 Å². The number of nitrogens with zero attached hydrogens (tertiary/aromatic N) is 6. The van der Waals surface area contributed by atoms with Crippen LogP contribution in [0.1, 0.15) is 42.4 Å². The second-order valence-electron chi connectivity index (χ2n) is 8.84. The lowest BCUT2D eigenvalue weighted by Gasteiger charge is -2.22. The SMILES string of the molecule is CCOCCn1c(CN2CCCN(CCCCn3cc(C(=O)O)cn3)CC2)nc2ccccc21. The molecule has 3 aromatic rings. The lowest BCUT2D eigenvalue weighted by atomic mass is 10.2. The first kappa shape index (κ1) is 24.4. The molecule has 1 saturated heterocycles. The van der Waals surface area contributed by atoms with E-state index in [-0.39, 0.29) is 5.56 Å². The van der Waals surface area contributed by atoms with Crippen molar-refractivity contribution < 1.29 is 14.6 Å². The van der Waals surface area contributed by atoms with Crippen LogP contribution in [0.15, 0.2) is 36.7 Å². The van der Waals surface area contributed by atoms with Crippen molar-refractivity contribution in [1.82, 2.24) is 29.1 Å². The van der Waals surface area contributed by atoms with Gasteiger partial charge in [0.2, 0.25) is 0 Å². The number of ether oxygens (including phenoxy) is 1. The number of aromatic nitrogens is 4. The molecule has 3 heterocycles. The highest BCUT2D eigenvalue weighted by Gasteiger charge is 2.18. The summed E-state index contributed by atoms with van der Waals surface area (Å²) in [5, 5.41) is 13.1. The minimum absolute atomic E-state index is 0.249. The third-order valence-corrected chi connectivity index (χ3v) is 6.43. The molecule has 0 saturated carbocycles. The molecule has 0 spiro atoms. The average Bonchev–Trinajstić information content (AvgIpc) is 3.37. The van der Waals surface area contributed by atoms with Gasteiger partial charge in [0.25, 0.3) is 0 Å². The smallest absolute Gasteiger partial charge is 0.338 e. The molecule has 0 atom stereocenters. The van der Waals surface area contributed by atoms with Crippen molar-refractivity contribution in [1.29, 1.82) is 0 Å². The number of aromatic carboxylic acids is 1. The fraction of sp³-hybridized carbons (Fsp3) is 0.560. The Hall–Kier alpha value is -2.75. The summed E-state index contributed by atoms with van der Waals surface area (Å²) in [6.07, 6.45) is 6.24. The van der Waals surface area contributed by atoms with Crippen LogP contribution in [0.5, 0.6) is 0 Å². The predicted molar refractivity (Wildman–Crippen MR) is 131 cm³/mol. The number of carboxylic acid groups (broad SMARTS) is 1. The molecule has 1 aliphatic heterocycles. The Morgan fingerprint density at radius 2 is 1.85 bits per heavy atom. The summed E-state index contributed by atoms with van der Waals surface area (Å²) >= 11 is 0. The van der Waals surface area contributed by atoms with Gasteiger partial charge in [0, 0.05) is 39.0 Å². The van der Waals surface area contributed by atoms with E-state index in [1.54, 1.807) is 10.9 Å². The van der Waals surface area contributed by atoms with Crippen LogP contribution in [0.4, 0.5) is 0 Å². The van der Waals surface area contributed by atoms with Gasteiger partial charge in [-0.1, -0.05) is 12.1 Å². The molecule has 0 unspecified atom stereocenters. The molecular formula is C25H36N6O3. The van der Waals surface area contributed by atoms with Crippen molar-refractivity contribution in [2.45, 2.75) is 45.8 Å². The summed E-state index contributed by atoms with van der Waals surface area (Å²) in [4.78, 5) is 21.0. The van der Waals surface area contributed by atoms with Crippen molar-refractivity contribution in [3.8, 4) is 0 Å². The zero-order valence-electron chi connectivity index (χ0n) is 20.1. The van der Waals surface area contributed by atoms with Crippen molar-refractivity contribution >= 4 is 17.0 Å². The standard InChI is InChI=1S/C25H36N6O3/c1-2-34-17-16-31-23-9-4-3-8-22(23)27-24(31)20-29-12-7-11-28(14-15-29)10-5-6-13-30-19-21(18-26-30)25(32)33/h3-4,8-9,18-19H,2,5-7,10-17,20H2,1H3,(H,32,33). The van der Waals surface area contributed by atoms with E-state index in [1.165, 1.54) is 11.7 Å². The van der Waals surface area contributed by atoms with E-state index in [4.69, 9.17) is 14.8 Å². The summed E-state index contributed by atoms with van der Waals surface area (Å²) in [6, 6.07) is 8.36. The molecule has 1 fully saturated rings. The number of imidazole rings is 1. The summed E-state index contributed by atoms with van der Waals surface area (Å²) in [7, 11) is 0. The van der Waals surface area contributed by atoms with E-state index < -0.39 is 5.97 Å². The van der Waals surface area contributed by atoms with E-state index in [2.05, 4.69) is 37.7 Å². The Kier molecular flexibility index (Phi) is 8.67. The van der Waals surface area contributed by atoms with E-state index in [0.717, 1.165) is 89.6 Å². The number of fused-ring (bicyclic) bond motifs is 1. The average molecular weight is 469 g/mol. The minimum atomic E-state index is -0.926. The first-order valence-corrected chi connectivity index (χ1v) is 12.4. The first-order valence-electron chi connectivity index (χ1n) is 12.4. The molecule has 1 aromatic carbocycles. The lowest BCUT2D eigenvalue weighted by molar-refractivity contribution is 0.0696. The van der Waals surface area contributed by atoms with Crippen LogP contribution in [-0.2, 0) is 24.4 Å². The van der Waals surface area contributed by atoms with E-state index in [0.29, 0.717) is 6.61 Å². The summed E-state index contributed by atoms with van der Waals surface area (Å²) in [6.45, 7) is 11.3. The fourth-order valence-electron chi connectivity index (χ4n) is 4.61. The Bertz CT molecular complexity index is 1060. The van der Waals surface area contributed by atoms with Crippen LogP contribution in [0.2, 0.25) is 0 Å². The van der Waals surface area contributed by atoms with Crippen molar-refractivity contribution in [3.63, 3.8) is 0 Å². The number of benzene rings is 1. The molecular weight excluding hydrogens is 432 g/mol. The number of hydrogen-bond donors (Lipinski definition) is 1. The van der Waals surface area contributed by atoms with Gasteiger partial charge in [-0.15, -0.1) is 0 Å². The predicted octanol–water partition coefficient (Wildman–Crippen LogP) is 2.96. The summed E-state index contributed by atoms with van der Waals surface area (Å²) in [5.74, 6) is 0.194. The number of carbonyl (C=O) groups is 1. The van der Waals surface area contributed by atoms with Gasteiger partial charge < -0.3 is 19.3 Å². The highest BCUT2D eigenvalue weighted by molar-refractivity contribution is 5.86. The maximum absolute atomic E-state index is 11.0. The molecule has 2 aromatic heterocycles. The van der Waals surface area contributed by atoms with Crippen LogP contribution in [0.25, 0.3) is 11.0 Å². The number of unbranched alkanes of at least 4 members (excludes halogenated alkanes) is 1. The van der Waals surface area contributed by atoms with Gasteiger partial charge in [-0.25, -0.2) is 9.78 Å². The zero-order chi connectivity index (χ0) is 23.8. The van der Waals surface area contributed by atoms with E-state index in [1.807, 2.05) is 13.0 Å². The van der Waals surface area contributed by atoms with Gasteiger partial charge in [0.05, 0.1) is 35.9 Å². The molecule has 0 bridgehead atoms. The Morgan fingerprint density at radius 3 is 2.68 bits per heavy atom. The Labute approximate surface area is 200 Å². The van der Waals surface area contributed by atoms with Crippen LogP contribution in [0, 0.1) is 0 Å². The van der Waals surface area contributed by atoms with Gasteiger partial charge in [-0.05, 0) is 58.0 Å². The topological polar surface area (TPSA) is 88.7 Å². The maximum Gasteiger partial charge on any atom is 0.338 e. The summed E-state index contributed by atoms with van der Waals surface area (Å²) < 4.78 is 9.67. The second-order valence-corrected chi connectivity index (χ2v) is 8.84. The van der Waals surface area contributed by atoms with Crippen LogP contribution >= 0.6 is 0 Å². The molecule has 0 amide bonds. The van der Waals surface area contributed by atoms with Gasteiger partial charge >= 0.3 is 5.97 Å². The van der Waals surface area contributed by atoms with Crippen molar-refractivity contribution in [2.75, 3.05) is 45.9 Å². The Morgan fingerprint density at radius 1 is 1.06 bits per heavy atom. The third kappa shape index (κ3) is 6.43. The Balaban J connectivity index is 1.26. The highest BCUT2D eigenvalue weighted by atomic mass is 16.5. The van der Waals surface area contributed by atoms with E-state index in [9.17, 15) is 4.79 Å². The van der Waals surface area contributed by atoms with Crippen molar-refractivity contribution in [3.05, 3.63) is 48.0 Å². The monoisotopic (exact) mass is 468 g/mol. The molecule has 0 aliphatic carbocycles. The van der Waals surface area contributed by atoms with Crippen LogP contribution in [0.3, 0.4) is 0 Å². The lowest BCUT2D eigenvalue weighted by Crippen LogP contribution is -2.32. The minimum Gasteiger partial charge on any atom is -0.478 e. The fourth-order valence-corrected chi connectivity index (χ4v) is 4.61. The largest absolute Gasteiger partial charge is 0.478 e. The zero-order valence-corrected chi connectivity index (χ0v) is 20.1. The number of hydrogen-bond acceptors (Lipinski definition) is 6. The van der Waals surface area contributed by atoms with Crippen molar-refractivity contribution in [2.24, 2.45) is 0 Å². The molecule has 4 rings (SSSR count). The first-order chi connectivity index (χ1) is 16.6. The second kappa shape index (κ2) is 12.1. The van der Waals surface area contributed by atoms with Crippen LogP contribution < -0.4 is 0 Å². The third-order valence-electron chi connectivity index (χ3n) is 6.43. The molecule has 0 radical (unpaired) electrons.